The van der Waals surface area contributed by atoms with E-state index in [4.69, 9.17) is 4.74 Å². The summed E-state index contributed by atoms with van der Waals surface area (Å²) in [6, 6.07) is 5.54. The minimum absolute atomic E-state index is 0.0235. The normalized spacial score (nSPS) is 22.9. The molecule has 0 radical (unpaired) electrons. The van der Waals surface area contributed by atoms with E-state index in [1.54, 1.807) is 0 Å². The van der Waals surface area contributed by atoms with E-state index >= 15 is 0 Å². The molecule has 0 heterocycles. The van der Waals surface area contributed by atoms with E-state index in [9.17, 15) is 14.9 Å². The Labute approximate surface area is 118 Å². The number of benzene rings is 1. The van der Waals surface area contributed by atoms with Gasteiger partial charge in [-0.25, -0.2) is 4.79 Å². The quantitative estimate of drug-likeness (QED) is 0.365. The van der Waals surface area contributed by atoms with Gasteiger partial charge in [0.25, 0.3) is 5.69 Å². The SMILES string of the molecule is C[C@H]1CCCC[C@@H](OC(=O)c2ccc([N+](=O)[O-])cc2)C1. The lowest BCUT2D eigenvalue weighted by Crippen LogP contribution is -2.19. The summed E-state index contributed by atoms with van der Waals surface area (Å²) < 4.78 is 5.52. The zero-order valence-corrected chi connectivity index (χ0v) is 11.6. The fraction of sp³-hybridized carbons (Fsp3) is 0.533. The summed E-state index contributed by atoms with van der Waals surface area (Å²) in [7, 11) is 0. The molecule has 1 fully saturated rings. The van der Waals surface area contributed by atoms with Crippen molar-refractivity contribution in [1.29, 1.82) is 0 Å². The second kappa shape index (κ2) is 6.50. The molecule has 5 heteroatoms. The second-order valence-corrected chi connectivity index (χ2v) is 5.46. The molecular formula is C15H19NO4. The Morgan fingerprint density at radius 2 is 1.90 bits per heavy atom. The highest BCUT2D eigenvalue weighted by molar-refractivity contribution is 5.89. The van der Waals surface area contributed by atoms with Gasteiger partial charge in [0.15, 0.2) is 0 Å². The van der Waals surface area contributed by atoms with Gasteiger partial charge < -0.3 is 4.74 Å². The molecule has 1 aliphatic carbocycles. The fourth-order valence-corrected chi connectivity index (χ4v) is 2.59. The van der Waals surface area contributed by atoms with E-state index in [1.165, 1.54) is 37.1 Å². The molecule has 2 atom stereocenters. The number of nitro groups is 1. The van der Waals surface area contributed by atoms with Crippen molar-refractivity contribution in [2.24, 2.45) is 5.92 Å². The minimum atomic E-state index is -0.484. The Balaban J connectivity index is 1.98. The third-order valence-corrected chi connectivity index (χ3v) is 3.73. The molecule has 5 nitrogen and oxygen atoms in total. The van der Waals surface area contributed by atoms with Gasteiger partial charge in [0.05, 0.1) is 10.5 Å². The van der Waals surface area contributed by atoms with Crippen LogP contribution in [0.4, 0.5) is 5.69 Å². The van der Waals surface area contributed by atoms with E-state index in [0.29, 0.717) is 11.5 Å². The maximum absolute atomic E-state index is 12.0. The summed E-state index contributed by atoms with van der Waals surface area (Å²) in [5.74, 6) is 0.186. The monoisotopic (exact) mass is 277 g/mol. The molecule has 0 bridgehead atoms. The number of hydrogen-bond donors (Lipinski definition) is 0. The summed E-state index contributed by atoms with van der Waals surface area (Å²) in [6.07, 6.45) is 5.23. The van der Waals surface area contributed by atoms with Crippen LogP contribution in [-0.4, -0.2) is 17.0 Å². The van der Waals surface area contributed by atoms with Crippen LogP contribution in [-0.2, 0) is 4.74 Å². The summed E-state index contributed by atoms with van der Waals surface area (Å²) in [6.45, 7) is 2.18. The number of hydrogen-bond acceptors (Lipinski definition) is 4. The largest absolute Gasteiger partial charge is 0.459 e. The highest BCUT2D eigenvalue weighted by Gasteiger charge is 2.21. The van der Waals surface area contributed by atoms with Crippen molar-refractivity contribution in [3.8, 4) is 0 Å². The van der Waals surface area contributed by atoms with Gasteiger partial charge in [-0.3, -0.25) is 10.1 Å². The highest BCUT2D eigenvalue weighted by Crippen LogP contribution is 2.25. The number of esters is 1. The van der Waals surface area contributed by atoms with Gasteiger partial charge in [0.1, 0.15) is 6.10 Å². The lowest BCUT2D eigenvalue weighted by Gasteiger charge is -2.17. The minimum Gasteiger partial charge on any atom is -0.459 e. The Bertz CT molecular complexity index is 483. The molecule has 0 N–H and O–H groups in total. The third-order valence-electron chi connectivity index (χ3n) is 3.73. The molecule has 0 spiro atoms. The number of non-ortho nitro benzene ring substituents is 1. The Morgan fingerprint density at radius 3 is 2.55 bits per heavy atom. The smallest absolute Gasteiger partial charge is 0.338 e. The topological polar surface area (TPSA) is 69.4 Å². The molecular weight excluding hydrogens is 258 g/mol. The zero-order valence-electron chi connectivity index (χ0n) is 11.6. The Hall–Kier alpha value is -1.91. The molecule has 0 aromatic heterocycles. The lowest BCUT2D eigenvalue weighted by atomic mass is 10.0. The Kier molecular flexibility index (Phi) is 4.71. The number of nitro benzene ring substituents is 1. The van der Waals surface area contributed by atoms with Gasteiger partial charge in [-0.2, -0.15) is 0 Å². The van der Waals surface area contributed by atoms with Crippen molar-refractivity contribution in [3.63, 3.8) is 0 Å². The van der Waals surface area contributed by atoms with Crippen molar-refractivity contribution >= 4 is 11.7 Å². The summed E-state index contributed by atoms with van der Waals surface area (Å²) in [4.78, 5) is 22.1. The fourth-order valence-electron chi connectivity index (χ4n) is 2.59. The number of rotatable bonds is 3. The Morgan fingerprint density at radius 1 is 1.25 bits per heavy atom. The van der Waals surface area contributed by atoms with Gasteiger partial charge in [0, 0.05) is 12.1 Å². The van der Waals surface area contributed by atoms with Gasteiger partial charge in [0.2, 0.25) is 0 Å². The average molecular weight is 277 g/mol. The van der Waals surface area contributed by atoms with E-state index < -0.39 is 4.92 Å². The third kappa shape index (κ3) is 3.79. The van der Waals surface area contributed by atoms with Crippen molar-refractivity contribution in [2.75, 3.05) is 0 Å². The molecule has 1 aromatic carbocycles. The number of carbonyl (C=O) groups is 1. The van der Waals surface area contributed by atoms with Crippen LogP contribution in [0.15, 0.2) is 24.3 Å². The molecule has 108 valence electrons. The van der Waals surface area contributed by atoms with Crippen LogP contribution in [0, 0.1) is 16.0 Å². The van der Waals surface area contributed by atoms with Crippen LogP contribution in [0.1, 0.15) is 49.4 Å². The molecule has 1 aromatic rings. The second-order valence-electron chi connectivity index (χ2n) is 5.46. The van der Waals surface area contributed by atoms with Gasteiger partial charge in [-0.15, -0.1) is 0 Å². The van der Waals surface area contributed by atoms with Crippen LogP contribution >= 0.6 is 0 Å². The molecule has 2 rings (SSSR count). The maximum atomic E-state index is 12.0. The first-order chi connectivity index (χ1) is 9.56. The predicted molar refractivity (Wildman–Crippen MR) is 74.5 cm³/mol. The van der Waals surface area contributed by atoms with Gasteiger partial charge in [-0.05, 0) is 37.3 Å². The molecule has 0 aliphatic heterocycles. The number of ether oxygens (including phenoxy) is 1. The molecule has 0 saturated heterocycles. The van der Waals surface area contributed by atoms with Crippen molar-refractivity contribution in [1.82, 2.24) is 0 Å². The average Bonchev–Trinajstić information content (AvgIpc) is 2.63. The van der Waals surface area contributed by atoms with Crippen LogP contribution in [0.5, 0.6) is 0 Å². The zero-order chi connectivity index (χ0) is 14.5. The van der Waals surface area contributed by atoms with Crippen molar-refractivity contribution < 1.29 is 14.5 Å². The first-order valence-electron chi connectivity index (χ1n) is 7.01. The molecule has 0 amide bonds. The molecule has 20 heavy (non-hydrogen) atoms. The summed E-state index contributed by atoms with van der Waals surface area (Å²) >= 11 is 0. The predicted octanol–water partition coefficient (Wildman–Crippen LogP) is 3.72. The van der Waals surface area contributed by atoms with Crippen LogP contribution < -0.4 is 0 Å². The lowest BCUT2D eigenvalue weighted by molar-refractivity contribution is -0.384. The van der Waals surface area contributed by atoms with Crippen molar-refractivity contribution in [2.45, 2.75) is 45.1 Å². The number of carbonyl (C=O) groups excluding carboxylic acids is 1. The molecule has 0 unspecified atom stereocenters. The molecule has 1 saturated carbocycles. The van der Waals surface area contributed by atoms with Crippen molar-refractivity contribution in [3.05, 3.63) is 39.9 Å². The van der Waals surface area contributed by atoms with Crippen LogP contribution in [0.3, 0.4) is 0 Å². The first-order valence-corrected chi connectivity index (χ1v) is 7.01. The highest BCUT2D eigenvalue weighted by atomic mass is 16.6. The van der Waals surface area contributed by atoms with E-state index in [-0.39, 0.29) is 17.8 Å². The standard InChI is InChI=1S/C15H19NO4/c1-11-4-2-3-5-14(10-11)20-15(17)12-6-8-13(9-7-12)16(18)19/h6-9,11,14H,2-5,10H2,1H3/t11-,14+/m0/s1. The van der Waals surface area contributed by atoms with E-state index in [2.05, 4.69) is 6.92 Å². The summed E-state index contributed by atoms with van der Waals surface area (Å²) in [5, 5.41) is 10.6. The van der Waals surface area contributed by atoms with Crippen LogP contribution in [0.2, 0.25) is 0 Å². The molecule has 1 aliphatic rings. The van der Waals surface area contributed by atoms with Gasteiger partial charge in [-0.1, -0.05) is 19.8 Å². The van der Waals surface area contributed by atoms with E-state index in [1.807, 2.05) is 0 Å². The van der Waals surface area contributed by atoms with Crippen LogP contribution in [0.25, 0.3) is 0 Å². The maximum Gasteiger partial charge on any atom is 0.338 e. The van der Waals surface area contributed by atoms with E-state index in [0.717, 1.165) is 19.3 Å². The van der Waals surface area contributed by atoms with Gasteiger partial charge >= 0.3 is 5.97 Å². The summed E-state index contributed by atoms with van der Waals surface area (Å²) in [5.41, 5.74) is 0.345. The first kappa shape index (κ1) is 14.5. The number of nitrogens with zero attached hydrogens (tertiary/aromatic N) is 1.